The molecule has 0 atom stereocenters. The Morgan fingerprint density at radius 2 is 0.586 bits per heavy atom. The van der Waals surface area contributed by atoms with Crippen LogP contribution in [0.5, 0.6) is 0 Å². The fraction of sp³-hybridized carbons (Fsp3) is 0.0882. The van der Waals surface area contributed by atoms with E-state index in [0.29, 0.717) is 0 Å². The lowest BCUT2D eigenvalue weighted by molar-refractivity contribution is 0.648. The van der Waals surface area contributed by atoms with Crippen LogP contribution in [0.4, 0.5) is 0 Å². The van der Waals surface area contributed by atoms with E-state index in [1.165, 1.54) is 111 Å². The van der Waals surface area contributed by atoms with Crippen LogP contribution in [0.25, 0.3) is 132 Å². The summed E-state index contributed by atoms with van der Waals surface area (Å²) in [5.74, 6) is 0. The number of fused-ring (bicyclic) bond motifs is 16. The predicted molar refractivity (Wildman–Crippen MR) is 293 cm³/mol. The molecular weight excluding hydrogens is 849 g/mol. The maximum absolute atomic E-state index is 7.16. The third-order valence-electron chi connectivity index (χ3n) is 16.3. The zero-order valence-electron chi connectivity index (χ0n) is 39.4. The Morgan fingerprint density at radius 3 is 0.986 bits per heavy atom. The SMILES string of the molecule is CC1(C)c2cc3c(cc2-c2c1cc(-c1ccc(-c4ccccc4)c4ccccc14)c1c2oc2ccccc21)C(C)(C)c1cc(-c2ccc(-c4ccccc4)c4ccccc24)c2c(oc4ccccc42)c1-3. The van der Waals surface area contributed by atoms with E-state index in [1.54, 1.807) is 0 Å². The second-order valence-electron chi connectivity index (χ2n) is 20.6. The van der Waals surface area contributed by atoms with Gasteiger partial charge in [-0.05, 0) is 136 Å². The molecule has 15 rings (SSSR count). The van der Waals surface area contributed by atoms with Gasteiger partial charge >= 0.3 is 0 Å². The summed E-state index contributed by atoms with van der Waals surface area (Å²) >= 11 is 0. The maximum Gasteiger partial charge on any atom is 0.144 e. The van der Waals surface area contributed by atoms with Crippen LogP contribution < -0.4 is 0 Å². The Morgan fingerprint density at radius 1 is 0.271 bits per heavy atom. The van der Waals surface area contributed by atoms with Crippen molar-refractivity contribution >= 4 is 65.4 Å². The Hall–Kier alpha value is -8.46. The van der Waals surface area contributed by atoms with Gasteiger partial charge in [-0.25, -0.2) is 0 Å². The number of benzene rings is 11. The van der Waals surface area contributed by atoms with Gasteiger partial charge in [-0.1, -0.05) is 198 Å². The van der Waals surface area contributed by atoms with Crippen molar-refractivity contribution in [3.8, 4) is 66.8 Å². The highest BCUT2D eigenvalue weighted by molar-refractivity contribution is 6.23. The second kappa shape index (κ2) is 14.1. The summed E-state index contributed by atoms with van der Waals surface area (Å²) in [6.45, 7) is 9.63. The van der Waals surface area contributed by atoms with Crippen molar-refractivity contribution < 1.29 is 8.83 Å². The molecule has 2 aromatic heterocycles. The van der Waals surface area contributed by atoms with Crippen LogP contribution in [0, 0.1) is 0 Å². The third kappa shape index (κ3) is 5.23. The van der Waals surface area contributed by atoms with Gasteiger partial charge in [0.2, 0.25) is 0 Å². The largest absolute Gasteiger partial charge is 0.455 e. The maximum atomic E-state index is 7.16. The number of hydrogen-bond acceptors (Lipinski definition) is 2. The molecule has 13 aromatic rings. The van der Waals surface area contributed by atoms with Gasteiger partial charge in [-0.2, -0.15) is 0 Å². The number of furan rings is 2. The highest BCUT2D eigenvalue weighted by atomic mass is 16.3. The molecule has 0 fully saturated rings. The third-order valence-corrected chi connectivity index (χ3v) is 16.3. The van der Waals surface area contributed by atoms with Crippen molar-refractivity contribution in [2.75, 3.05) is 0 Å². The van der Waals surface area contributed by atoms with E-state index in [4.69, 9.17) is 8.83 Å². The molecule has 2 aliphatic carbocycles. The van der Waals surface area contributed by atoms with E-state index in [-0.39, 0.29) is 10.8 Å². The van der Waals surface area contributed by atoms with Gasteiger partial charge in [0, 0.05) is 43.5 Å². The first kappa shape index (κ1) is 39.5. The molecule has 2 heteroatoms. The van der Waals surface area contributed by atoms with Crippen LogP contribution in [-0.4, -0.2) is 0 Å². The molecule has 0 bridgehead atoms. The second-order valence-corrected chi connectivity index (χ2v) is 20.6. The molecule has 0 N–H and O–H groups in total. The van der Waals surface area contributed by atoms with E-state index >= 15 is 0 Å². The molecule has 330 valence electrons. The van der Waals surface area contributed by atoms with E-state index in [2.05, 4.69) is 234 Å². The van der Waals surface area contributed by atoms with Gasteiger partial charge in [0.25, 0.3) is 0 Å². The summed E-state index contributed by atoms with van der Waals surface area (Å²) in [5.41, 5.74) is 22.9. The monoisotopic (exact) mass is 894 g/mol. The molecule has 11 aromatic carbocycles. The molecule has 2 aliphatic rings. The number of rotatable bonds is 4. The van der Waals surface area contributed by atoms with Crippen molar-refractivity contribution in [3.05, 3.63) is 229 Å². The lowest BCUT2D eigenvalue weighted by Crippen LogP contribution is -2.17. The highest BCUT2D eigenvalue weighted by Crippen LogP contribution is 2.61. The van der Waals surface area contributed by atoms with E-state index < -0.39 is 0 Å². The summed E-state index contributed by atoms with van der Waals surface area (Å²) in [7, 11) is 0. The first-order valence-corrected chi connectivity index (χ1v) is 24.6. The van der Waals surface area contributed by atoms with Crippen LogP contribution in [0.15, 0.2) is 215 Å². The molecule has 0 amide bonds. The molecule has 2 nitrogen and oxygen atoms in total. The van der Waals surface area contributed by atoms with Crippen molar-refractivity contribution in [1.82, 2.24) is 0 Å². The van der Waals surface area contributed by atoms with Gasteiger partial charge in [-0.3, -0.25) is 0 Å². The number of hydrogen-bond donors (Lipinski definition) is 0. The summed E-state index contributed by atoms with van der Waals surface area (Å²) < 4.78 is 14.3. The van der Waals surface area contributed by atoms with Gasteiger partial charge in [-0.15, -0.1) is 0 Å². The fourth-order valence-corrected chi connectivity index (χ4v) is 12.9. The Bertz CT molecular complexity index is 4100. The van der Waals surface area contributed by atoms with Crippen molar-refractivity contribution in [2.24, 2.45) is 0 Å². The minimum absolute atomic E-state index is 0.347. The molecule has 70 heavy (non-hydrogen) atoms. The average molecular weight is 895 g/mol. The average Bonchev–Trinajstić information content (AvgIpc) is 4.11. The molecule has 0 saturated carbocycles. The zero-order valence-corrected chi connectivity index (χ0v) is 39.4. The molecule has 0 aliphatic heterocycles. The topological polar surface area (TPSA) is 26.3 Å². The molecule has 2 heterocycles. The summed E-state index contributed by atoms with van der Waals surface area (Å²) in [5, 5.41) is 9.54. The van der Waals surface area contributed by atoms with Gasteiger partial charge in [0.1, 0.15) is 22.3 Å². The minimum atomic E-state index is -0.347. The first-order valence-electron chi connectivity index (χ1n) is 24.6. The summed E-state index contributed by atoms with van der Waals surface area (Å²) in [4.78, 5) is 0. The minimum Gasteiger partial charge on any atom is -0.455 e. The van der Waals surface area contributed by atoms with Crippen molar-refractivity contribution in [2.45, 2.75) is 38.5 Å². The van der Waals surface area contributed by atoms with Crippen LogP contribution in [-0.2, 0) is 10.8 Å². The van der Waals surface area contributed by atoms with Crippen LogP contribution in [0.1, 0.15) is 49.9 Å². The number of para-hydroxylation sites is 2. The Labute approximate surface area is 406 Å². The molecule has 0 unspecified atom stereocenters. The van der Waals surface area contributed by atoms with Crippen LogP contribution >= 0.6 is 0 Å². The van der Waals surface area contributed by atoms with E-state index in [1.807, 2.05) is 0 Å². The summed E-state index contributed by atoms with van der Waals surface area (Å²) in [6.07, 6.45) is 0. The summed E-state index contributed by atoms with van der Waals surface area (Å²) in [6, 6.07) is 75.8. The predicted octanol–water partition coefficient (Wildman–Crippen LogP) is 19.1. The van der Waals surface area contributed by atoms with Gasteiger partial charge in [0.15, 0.2) is 0 Å². The Kier molecular flexibility index (Phi) is 7.94. The van der Waals surface area contributed by atoms with Crippen molar-refractivity contribution in [1.29, 1.82) is 0 Å². The quantitative estimate of drug-likeness (QED) is 0.176. The zero-order chi connectivity index (χ0) is 46.6. The lowest BCUT2D eigenvalue weighted by Gasteiger charge is -2.24. The normalized spacial score (nSPS) is 14.2. The lowest BCUT2D eigenvalue weighted by atomic mass is 9.78. The Balaban J connectivity index is 0.976. The van der Waals surface area contributed by atoms with Gasteiger partial charge < -0.3 is 8.83 Å². The first-order chi connectivity index (χ1) is 34.3. The molecule has 0 saturated heterocycles. The smallest absolute Gasteiger partial charge is 0.144 e. The highest BCUT2D eigenvalue weighted by Gasteiger charge is 2.45. The van der Waals surface area contributed by atoms with Gasteiger partial charge in [0.05, 0.1) is 0 Å². The molecule has 0 spiro atoms. The fourth-order valence-electron chi connectivity index (χ4n) is 12.9. The van der Waals surface area contributed by atoms with Crippen LogP contribution in [0.2, 0.25) is 0 Å². The molecular formula is C68H46O2. The molecule has 0 radical (unpaired) electrons. The van der Waals surface area contributed by atoms with E-state index in [0.717, 1.165) is 43.9 Å². The van der Waals surface area contributed by atoms with E-state index in [9.17, 15) is 0 Å². The standard InChI is InChI=1S/C68H46O2/c1-67(2)55-37-54-56(38-53(55)63-57(67)35-51(61-49-27-15-17-29-59(49)69-65(61)63)47-33-31-41(39-19-7-5-8-20-39)43-23-11-13-25-45(43)47)68(3,4)58-36-52(62-50-28-16-18-30-60(50)70-66(62)64(54)58)48-34-32-42(40-21-9-6-10-22-40)44-24-12-14-26-46(44)48/h5-38H,1-4H3. The van der Waals surface area contributed by atoms with Crippen molar-refractivity contribution in [3.63, 3.8) is 0 Å². The van der Waals surface area contributed by atoms with Crippen LogP contribution in [0.3, 0.4) is 0 Å².